The zero-order valence-electron chi connectivity index (χ0n) is 14.6. The first-order valence-electron chi connectivity index (χ1n) is 7.93. The van der Waals surface area contributed by atoms with Crippen LogP contribution < -0.4 is 14.8 Å². The number of thiophene rings is 1. The van der Waals surface area contributed by atoms with E-state index in [1.165, 1.54) is 11.3 Å². The predicted molar refractivity (Wildman–Crippen MR) is 97.5 cm³/mol. The predicted octanol–water partition coefficient (Wildman–Crippen LogP) is 4.11. The molecule has 2 aromatic rings. The van der Waals surface area contributed by atoms with Crippen molar-refractivity contribution in [1.29, 1.82) is 0 Å². The standard InChI is InChI=1S/C18H21NO5S/c1-5-23-13-8-7-12(9-14(13)24-6-2)16(20)19-17-15(18(21)22)10(3)11(4)25-17/h7-9H,5-6H2,1-4H3,(H,19,20)(H,21,22). The third kappa shape index (κ3) is 4.11. The molecule has 7 heteroatoms. The SMILES string of the molecule is CCOc1ccc(C(=O)Nc2sc(C)c(C)c2C(=O)O)cc1OCC. The van der Waals surface area contributed by atoms with E-state index in [1.54, 1.807) is 25.1 Å². The second-order valence-electron chi connectivity index (χ2n) is 5.27. The first-order valence-corrected chi connectivity index (χ1v) is 8.74. The van der Waals surface area contributed by atoms with Crippen molar-refractivity contribution >= 4 is 28.2 Å². The van der Waals surface area contributed by atoms with Gasteiger partial charge < -0.3 is 19.9 Å². The maximum Gasteiger partial charge on any atom is 0.338 e. The molecule has 0 fully saturated rings. The molecule has 2 rings (SSSR count). The molecule has 0 radical (unpaired) electrons. The van der Waals surface area contributed by atoms with E-state index in [0.717, 1.165) is 4.88 Å². The maximum absolute atomic E-state index is 12.5. The molecule has 0 aliphatic heterocycles. The minimum absolute atomic E-state index is 0.131. The molecule has 1 aromatic heterocycles. The molecule has 0 spiro atoms. The molecule has 0 atom stereocenters. The lowest BCUT2D eigenvalue weighted by atomic mass is 10.1. The van der Waals surface area contributed by atoms with Crippen LogP contribution in [0.5, 0.6) is 11.5 Å². The third-order valence-electron chi connectivity index (χ3n) is 3.63. The second-order valence-corrected chi connectivity index (χ2v) is 6.50. The van der Waals surface area contributed by atoms with Crippen molar-refractivity contribution in [3.05, 3.63) is 39.8 Å². The van der Waals surface area contributed by atoms with Gasteiger partial charge >= 0.3 is 5.97 Å². The molecule has 0 aliphatic rings. The zero-order chi connectivity index (χ0) is 18.6. The van der Waals surface area contributed by atoms with E-state index in [1.807, 2.05) is 20.8 Å². The molecule has 2 N–H and O–H groups in total. The number of ether oxygens (including phenoxy) is 2. The summed E-state index contributed by atoms with van der Waals surface area (Å²) >= 11 is 1.25. The van der Waals surface area contributed by atoms with E-state index in [-0.39, 0.29) is 5.56 Å². The first kappa shape index (κ1) is 18.8. The summed E-state index contributed by atoms with van der Waals surface area (Å²) in [5.41, 5.74) is 1.16. The number of nitrogens with one attached hydrogen (secondary N) is 1. The highest BCUT2D eigenvalue weighted by Gasteiger charge is 2.21. The number of aromatic carboxylic acids is 1. The summed E-state index contributed by atoms with van der Waals surface area (Å²) in [6.07, 6.45) is 0. The molecular weight excluding hydrogens is 342 g/mol. The van der Waals surface area contributed by atoms with Gasteiger partial charge in [0, 0.05) is 10.4 Å². The van der Waals surface area contributed by atoms with Gasteiger partial charge in [0.05, 0.1) is 18.8 Å². The van der Waals surface area contributed by atoms with E-state index < -0.39 is 11.9 Å². The number of carbonyl (C=O) groups is 2. The van der Waals surface area contributed by atoms with Gasteiger partial charge in [-0.05, 0) is 51.5 Å². The number of aryl methyl sites for hydroxylation is 1. The summed E-state index contributed by atoms with van der Waals surface area (Å²) in [6.45, 7) is 8.20. The third-order valence-corrected chi connectivity index (χ3v) is 4.75. The molecule has 134 valence electrons. The Kier molecular flexibility index (Phi) is 6.03. The van der Waals surface area contributed by atoms with Crippen LogP contribution in [0.4, 0.5) is 5.00 Å². The topological polar surface area (TPSA) is 84.9 Å². The highest BCUT2D eigenvalue weighted by molar-refractivity contribution is 7.16. The molecule has 0 saturated carbocycles. The molecule has 1 heterocycles. The van der Waals surface area contributed by atoms with Gasteiger partial charge in [-0.1, -0.05) is 0 Å². The molecule has 1 aromatic carbocycles. The smallest absolute Gasteiger partial charge is 0.338 e. The van der Waals surface area contributed by atoms with Gasteiger partial charge in [-0.25, -0.2) is 4.79 Å². The van der Waals surface area contributed by atoms with Crippen molar-refractivity contribution in [3.63, 3.8) is 0 Å². The average Bonchev–Trinajstić information content (AvgIpc) is 2.83. The average molecular weight is 363 g/mol. The van der Waals surface area contributed by atoms with Crippen molar-refractivity contribution in [2.24, 2.45) is 0 Å². The number of carboxylic acids is 1. The number of carboxylic acid groups (broad SMARTS) is 1. The summed E-state index contributed by atoms with van der Waals surface area (Å²) in [7, 11) is 0. The summed E-state index contributed by atoms with van der Waals surface area (Å²) in [5, 5.41) is 12.4. The Hall–Kier alpha value is -2.54. The van der Waals surface area contributed by atoms with E-state index in [4.69, 9.17) is 9.47 Å². The van der Waals surface area contributed by atoms with Crippen LogP contribution in [0.2, 0.25) is 0 Å². The van der Waals surface area contributed by atoms with Crippen LogP contribution in [0.1, 0.15) is 45.0 Å². The van der Waals surface area contributed by atoms with Gasteiger partial charge in [0.15, 0.2) is 11.5 Å². The second kappa shape index (κ2) is 8.02. The van der Waals surface area contributed by atoms with Crippen LogP contribution in [0.3, 0.4) is 0 Å². The van der Waals surface area contributed by atoms with E-state index >= 15 is 0 Å². The van der Waals surface area contributed by atoms with E-state index in [2.05, 4.69) is 5.32 Å². The number of anilines is 1. The normalized spacial score (nSPS) is 10.4. The molecule has 0 unspecified atom stereocenters. The van der Waals surface area contributed by atoms with Crippen LogP contribution in [0, 0.1) is 13.8 Å². The lowest BCUT2D eigenvalue weighted by Gasteiger charge is -2.12. The van der Waals surface area contributed by atoms with Crippen molar-refractivity contribution in [3.8, 4) is 11.5 Å². The minimum atomic E-state index is -1.06. The Balaban J connectivity index is 2.31. The van der Waals surface area contributed by atoms with Gasteiger partial charge in [-0.15, -0.1) is 11.3 Å². The van der Waals surface area contributed by atoms with Gasteiger partial charge in [-0.2, -0.15) is 0 Å². The summed E-state index contributed by atoms with van der Waals surface area (Å²) in [5.74, 6) is -0.407. The van der Waals surface area contributed by atoms with E-state index in [0.29, 0.717) is 40.8 Å². The quantitative estimate of drug-likeness (QED) is 0.773. The summed E-state index contributed by atoms with van der Waals surface area (Å²) < 4.78 is 11.0. The molecule has 6 nitrogen and oxygen atoms in total. The highest BCUT2D eigenvalue weighted by atomic mass is 32.1. The van der Waals surface area contributed by atoms with Crippen LogP contribution in [0.15, 0.2) is 18.2 Å². The molecule has 0 aliphatic carbocycles. The van der Waals surface area contributed by atoms with Crippen molar-refractivity contribution in [1.82, 2.24) is 0 Å². The first-order chi connectivity index (χ1) is 11.9. The maximum atomic E-state index is 12.5. The Bertz CT molecular complexity index is 797. The van der Waals surface area contributed by atoms with E-state index in [9.17, 15) is 14.7 Å². The Morgan fingerprint density at radius 1 is 1.12 bits per heavy atom. The van der Waals surface area contributed by atoms with Gasteiger partial charge in [0.2, 0.25) is 0 Å². The van der Waals surface area contributed by atoms with Gasteiger partial charge in [0.1, 0.15) is 5.00 Å². The van der Waals surface area contributed by atoms with Crippen LogP contribution >= 0.6 is 11.3 Å². The number of rotatable bonds is 7. The van der Waals surface area contributed by atoms with Crippen molar-refractivity contribution in [2.75, 3.05) is 18.5 Å². The lowest BCUT2D eigenvalue weighted by Crippen LogP contribution is -2.14. The van der Waals surface area contributed by atoms with Crippen LogP contribution in [-0.4, -0.2) is 30.2 Å². The largest absolute Gasteiger partial charge is 0.490 e. The van der Waals surface area contributed by atoms with Crippen LogP contribution in [-0.2, 0) is 0 Å². The number of hydrogen-bond donors (Lipinski definition) is 2. The Morgan fingerprint density at radius 3 is 2.36 bits per heavy atom. The van der Waals surface area contributed by atoms with Crippen molar-refractivity contribution < 1.29 is 24.2 Å². The Labute approximate surface area is 150 Å². The fourth-order valence-corrected chi connectivity index (χ4v) is 3.39. The number of carbonyl (C=O) groups excluding carboxylic acids is 1. The molecule has 25 heavy (non-hydrogen) atoms. The summed E-state index contributed by atoms with van der Waals surface area (Å²) in [6, 6.07) is 4.89. The number of benzene rings is 1. The molecule has 1 amide bonds. The fraction of sp³-hybridized carbons (Fsp3) is 0.333. The molecule has 0 bridgehead atoms. The van der Waals surface area contributed by atoms with Crippen LogP contribution in [0.25, 0.3) is 0 Å². The van der Waals surface area contributed by atoms with Gasteiger partial charge in [0.25, 0.3) is 5.91 Å². The van der Waals surface area contributed by atoms with Gasteiger partial charge in [-0.3, -0.25) is 4.79 Å². The Morgan fingerprint density at radius 2 is 1.76 bits per heavy atom. The fourth-order valence-electron chi connectivity index (χ4n) is 2.34. The minimum Gasteiger partial charge on any atom is -0.490 e. The molecular formula is C18H21NO5S. The monoisotopic (exact) mass is 363 g/mol. The number of hydrogen-bond acceptors (Lipinski definition) is 5. The number of amides is 1. The zero-order valence-corrected chi connectivity index (χ0v) is 15.5. The molecule has 0 saturated heterocycles. The highest BCUT2D eigenvalue weighted by Crippen LogP contribution is 2.33. The summed E-state index contributed by atoms with van der Waals surface area (Å²) in [4.78, 5) is 24.8. The lowest BCUT2D eigenvalue weighted by molar-refractivity contribution is 0.0697. The van der Waals surface area contributed by atoms with Crippen molar-refractivity contribution in [2.45, 2.75) is 27.7 Å².